The van der Waals surface area contributed by atoms with Crippen molar-refractivity contribution in [1.29, 1.82) is 0 Å². The largest absolute Gasteiger partial charge is 0.309 e. The van der Waals surface area contributed by atoms with E-state index in [2.05, 4.69) is 40.1 Å². The van der Waals surface area contributed by atoms with Crippen molar-refractivity contribution in [1.82, 2.24) is 10.3 Å². The van der Waals surface area contributed by atoms with E-state index in [-0.39, 0.29) is 0 Å². The monoisotopic (exact) mass is 252 g/mol. The van der Waals surface area contributed by atoms with E-state index in [1.165, 1.54) is 9.88 Å². The Morgan fingerprint density at radius 2 is 2.31 bits per heavy atom. The van der Waals surface area contributed by atoms with Crippen LogP contribution in [0, 0.1) is 6.92 Å². The van der Waals surface area contributed by atoms with Gasteiger partial charge >= 0.3 is 0 Å². The normalized spacial score (nSPS) is 12.9. The molecule has 0 aliphatic heterocycles. The predicted molar refractivity (Wildman–Crippen MR) is 71.3 cm³/mol. The van der Waals surface area contributed by atoms with E-state index in [0.717, 1.165) is 18.7 Å². The summed E-state index contributed by atoms with van der Waals surface area (Å²) in [6.45, 7) is 5.19. The molecule has 0 spiro atoms. The molecule has 2 nitrogen and oxygen atoms in total. The van der Waals surface area contributed by atoms with Gasteiger partial charge in [-0.15, -0.1) is 22.7 Å². The third-order valence-electron chi connectivity index (χ3n) is 2.38. The van der Waals surface area contributed by atoms with Crippen molar-refractivity contribution in [3.63, 3.8) is 0 Å². The Kier molecular flexibility index (Phi) is 4.09. The maximum Gasteiger partial charge on any atom is 0.0947 e. The lowest BCUT2D eigenvalue weighted by atomic mass is 10.2. The lowest BCUT2D eigenvalue weighted by Gasteiger charge is -2.14. The number of thiophene rings is 1. The molecule has 0 amide bonds. The standard InChI is InChI=1S/C12H16N2S2/c1-3-13-10(11-5-4-6-15-11)7-12-14-9(2)8-16-12/h4-6,8,10,13H,3,7H2,1-2H3. The molecule has 0 aliphatic rings. The minimum atomic E-state index is 0.413. The summed E-state index contributed by atoms with van der Waals surface area (Å²) >= 11 is 3.57. The van der Waals surface area contributed by atoms with Gasteiger partial charge in [0.15, 0.2) is 0 Å². The van der Waals surface area contributed by atoms with Gasteiger partial charge < -0.3 is 5.32 Å². The number of nitrogens with zero attached hydrogens (tertiary/aromatic N) is 1. The number of aryl methyl sites for hydroxylation is 1. The van der Waals surface area contributed by atoms with Gasteiger partial charge in [0.05, 0.1) is 5.01 Å². The molecule has 2 aromatic rings. The molecule has 86 valence electrons. The molecule has 1 unspecified atom stereocenters. The number of nitrogens with one attached hydrogen (secondary N) is 1. The maximum atomic E-state index is 4.53. The van der Waals surface area contributed by atoms with Gasteiger partial charge in [-0.1, -0.05) is 13.0 Å². The predicted octanol–water partition coefficient (Wildman–Crippen LogP) is 3.41. The Hall–Kier alpha value is -0.710. The summed E-state index contributed by atoms with van der Waals surface area (Å²) < 4.78 is 0. The van der Waals surface area contributed by atoms with Crippen LogP contribution in [0.25, 0.3) is 0 Å². The molecular weight excluding hydrogens is 236 g/mol. The summed E-state index contributed by atoms with van der Waals surface area (Å²) in [6, 6.07) is 4.71. The maximum absolute atomic E-state index is 4.53. The minimum Gasteiger partial charge on any atom is -0.309 e. The molecule has 0 saturated heterocycles. The van der Waals surface area contributed by atoms with Crippen LogP contribution in [-0.4, -0.2) is 11.5 Å². The van der Waals surface area contributed by atoms with Crippen LogP contribution >= 0.6 is 22.7 Å². The Morgan fingerprint density at radius 1 is 1.44 bits per heavy atom. The molecule has 0 fully saturated rings. The van der Waals surface area contributed by atoms with E-state index in [9.17, 15) is 0 Å². The Morgan fingerprint density at radius 3 is 2.88 bits per heavy atom. The molecular formula is C12H16N2S2. The first kappa shape index (κ1) is 11.8. The molecule has 4 heteroatoms. The van der Waals surface area contributed by atoms with Crippen LogP contribution in [0.2, 0.25) is 0 Å². The van der Waals surface area contributed by atoms with Crippen LogP contribution < -0.4 is 5.32 Å². The Balaban J connectivity index is 2.09. The summed E-state index contributed by atoms with van der Waals surface area (Å²) in [5, 5.41) is 8.99. The fraction of sp³-hybridized carbons (Fsp3) is 0.417. The topological polar surface area (TPSA) is 24.9 Å². The number of hydrogen-bond donors (Lipinski definition) is 1. The highest BCUT2D eigenvalue weighted by atomic mass is 32.1. The first-order chi connectivity index (χ1) is 7.79. The summed E-state index contributed by atoms with van der Waals surface area (Å²) in [4.78, 5) is 5.92. The average molecular weight is 252 g/mol. The minimum absolute atomic E-state index is 0.413. The average Bonchev–Trinajstić information content (AvgIpc) is 2.88. The van der Waals surface area contributed by atoms with E-state index < -0.39 is 0 Å². The quantitative estimate of drug-likeness (QED) is 0.882. The second-order valence-corrected chi connectivity index (χ2v) is 5.63. The number of aromatic nitrogens is 1. The molecule has 2 rings (SSSR count). The highest BCUT2D eigenvalue weighted by Gasteiger charge is 2.13. The molecule has 0 aliphatic carbocycles. The van der Waals surface area contributed by atoms with E-state index in [4.69, 9.17) is 0 Å². The lowest BCUT2D eigenvalue weighted by Crippen LogP contribution is -2.21. The van der Waals surface area contributed by atoms with Crippen molar-refractivity contribution in [2.24, 2.45) is 0 Å². The van der Waals surface area contributed by atoms with Gasteiger partial charge in [-0.3, -0.25) is 0 Å². The highest BCUT2D eigenvalue weighted by molar-refractivity contribution is 7.10. The van der Waals surface area contributed by atoms with Crippen molar-refractivity contribution >= 4 is 22.7 Å². The van der Waals surface area contributed by atoms with Crippen LogP contribution in [0.1, 0.15) is 28.5 Å². The molecule has 16 heavy (non-hydrogen) atoms. The number of likely N-dealkylation sites (N-methyl/N-ethyl adjacent to an activating group) is 1. The van der Waals surface area contributed by atoms with Crippen LogP contribution in [0.15, 0.2) is 22.9 Å². The lowest BCUT2D eigenvalue weighted by molar-refractivity contribution is 0.556. The third kappa shape index (κ3) is 2.90. The molecule has 1 N–H and O–H groups in total. The van der Waals surface area contributed by atoms with Crippen LogP contribution in [0.4, 0.5) is 0 Å². The van der Waals surface area contributed by atoms with Crippen LogP contribution in [-0.2, 0) is 6.42 Å². The Bertz CT molecular complexity index is 420. The van der Waals surface area contributed by atoms with Crippen LogP contribution in [0.5, 0.6) is 0 Å². The molecule has 2 aromatic heterocycles. The van der Waals surface area contributed by atoms with Gasteiger partial charge in [0.1, 0.15) is 0 Å². The molecule has 0 radical (unpaired) electrons. The van der Waals surface area contributed by atoms with E-state index in [1.54, 1.807) is 11.3 Å². The number of hydrogen-bond acceptors (Lipinski definition) is 4. The van der Waals surface area contributed by atoms with Crippen molar-refractivity contribution in [3.8, 4) is 0 Å². The van der Waals surface area contributed by atoms with Crippen LogP contribution in [0.3, 0.4) is 0 Å². The summed E-state index contributed by atoms with van der Waals surface area (Å²) in [5.41, 5.74) is 1.13. The fourth-order valence-corrected chi connectivity index (χ4v) is 3.30. The first-order valence-corrected chi connectivity index (χ1v) is 7.23. The zero-order chi connectivity index (χ0) is 11.4. The second kappa shape index (κ2) is 5.57. The van der Waals surface area contributed by atoms with Gasteiger partial charge in [0.2, 0.25) is 0 Å². The first-order valence-electron chi connectivity index (χ1n) is 5.47. The smallest absolute Gasteiger partial charge is 0.0947 e. The SMILES string of the molecule is CCNC(Cc1nc(C)cs1)c1cccs1. The third-order valence-corrected chi connectivity index (χ3v) is 4.36. The Labute approximate surface area is 104 Å². The van der Waals surface area contributed by atoms with Gasteiger partial charge in [-0.05, 0) is 24.9 Å². The molecule has 1 atom stereocenters. The fourth-order valence-electron chi connectivity index (χ4n) is 1.68. The van der Waals surface area contributed by atoms with E-state index >= 15 is 0 Å². The van der Waals surface area contributed by atoms with Gasteiger partial charge in [-0.25, -0.2) is 4.98 Å². The summed E-state index contributed by atoms with van der Waals surface area (Å²) in [6.07, 6.45) is 0.993. The highest BCUT2D eigenvalue weighted by Crippen LogP contribution is 2.24. The molecule has 0 aromatic carbocycles. The molecule has 2 heterocycles. The van der Waals surface area contributed by atoms with Gasteiger partial charge in [0.25, 0.3) is 0 Å². The van der Waals surface area contributed by atoms with Crippen molar-refractivity contribution in [3.05, 3.63) is 38.5 Å². The zero-order valence-electron chi connectivity index (χ0n) is 9.56. The summed E-state index contributed by atoms with van der Waals surface area (Å²) in [5.74, 6) is 0. The van der Waals surface area contributed by atoms with Crippen molar-refractivity contribution in [2.45, 2.75) is 26.3 Å². The van der Waals surface area contributed by atoms with Crippen molar-refractivity contribution < 1.29 is 0 Å². The van der Waals surface area contributed by atoms with E-state index in [1.807, 2.05) is 18.3 Å². The zero-order valence-corrected chi connectivity index (χ0v) is 11.2. The number of thiazole rings is 1. The van der Waals surface area contributed by atoms with E-state index in [0.29, 0.717) is 6.04 Å². The number of rotatable bonds is 5. The van der Waals surface area contributed by atoms with Gasteiger partial charge in [-0.2, -0.15) is 0 Å². The molecule has 0 bridgehead atoms. The summed E-state index contributed by atoms with van der Waals surface area (Å²) in [7, 11) is 0. The molecule has 0 saturated carbocycles. The van der Waals surface area contributed by atoms with Gasteiger partial charge in [0, 0.05) is 28.4 Å². The van der Waals surface area contributed by atoms with Crippen molar-refractivity contribution in [2.75, 3.05) is 6.54 Å². The second-order valence-electron chi connectivity index (χ2n) is 3.71.